The molecule has 1 aliphatic rings. The third-order valence-corrected chi connectivity index (χ3v) is 2.97. The second kappa shape index (κ2) is 6.05. The van der Waals surface area contributed by atoms with E-state index in [1.807, 2.05) is 24.3 Å². The fraction of sp³-hybridized carbons (Fsp3) is 0.188. The number of methoxy groups -OCH3 is 1. The van der Waals surface area contributed by atoms with Crippen LogP contribution in [-0.2, 0) is 0 Å². The largest absolute Gasteiger partial charge is 0.496 e. The van der Waals surface area contributed by atoms with Gasteiger partial charge in [-0.15, -0.1) is 0 Å². The summed E-state index contributed by atoms with van der Waals surface area (Å²) < 4.78 is 5.06. The van der Waals surface area contributed by atoms with Crippen LogP contribution in [0.25, 0.3) is 5.57 Å². The van der Waals surface area contributed by atoms with E-state index in [9.17, 15) is 9.90 Å². The first kappa shape index (κ1) is 13.1. The van der Waals surface area contributed by atoms with Crippen LogP contribution >= 0.6 is 0 Å². The predicted molar refractivity (Wildman–Crippen MR) is 75.4 cm³/mol. The summed E-state index contributed by atoms with van der Waals surface area (Å²) in [6.45, 7) is 0. The molecule has 0 unspecified atom stereocenters. The van der Waals surface area contributed by atoms with Gasteiger partial charge in [-0.2, -0.15) is 0 Å². The van der Waals surface area contributed by atoms with Gasteiger partial charge in [0.1, 0.15) is 11.3 Å². The van der Waals surface area contributed by atoms with Gasteiger partial charge in [-0.05, 0) is 36.1 Å². The number of ether oxygens (including phenoxy) is 1. The molecule has 0 radical (unpaired) electrons. The van der Waals surface area contributed by atoms with Crippen LogP contribution in [0.4, 0.5) is 0 Å². The summed E-state index contributed by atoms with van der Waals surface area (Å²) in [5.74, 6) is -0.605. The van der Waals surface area contributed by atoms with E-state index in [1.165, 1.54) is 7.11 Å². The molecule has 0 heterocycles. The Balaban J connectivity index is 2.45. The van der Waals surface area contributed by atoms with Crippen molar-refractivity contribution in [2.24, 2.45) is 0 Å². The molecule has 1 aliphatic carbocycles. The molecular formula is C16H16O3. The molecule has 0 saturated heterocycles. The Morgan fingerprint density at radius 1 is 1.26 bits per heavy atom. The first-order valence-electron chi connectivity index (χ1n) is 6.17. The Kier molecular flexibility index (Phi) is 4.18. The molecular weight excluding hydrogens is 240 g/mol. The lowest BCUT2D eigenvalue weighted by atomic mass is 10.00. The van der Waals surface area contributed by atoms with Crippen molar-refractivity contribution in [2.45, 2.75) is 12.8 Å². The minimum absolute atomic E-state index is 0.181. The van der Waals surface area contributed by atoms with Gasteiger partial charge < -0.3 is 9.84 Å². The van der Waals surface area contributed by atoms with Crippen molar-refractivity contribution < 1.29 is 14.6 Å². The van der Waals surface area contributed by atoms with E-state index in [0.29, 0.717) is 5.75 Å². The zero-order valence-electron chi connectivity index (χ0n) is 10.8. The zero-order valence-corrected chi connectivity index (χ0v) is 10.8. The normalized spacial score (nSPS) is 16.2. The molecule has 1 aromatic rings. The molecule has 98 valence electrons. The van der Waals surface area contributed by atoms with Gasteiger partial charge in [-0.25, -0.2) is 4.79 Å². The molecule has 0 saturated carbocycles. The second-order valence-corrected chi connectivity index (χ2v) is 4.25. The summed E-state index contributed by atoms with van der Waals surface area (Å²) in [6, 6.07) is 5.21. The van der Waals surface area contributed by atoms with Crippen molar-refractivity contribution in [3.05, 3.63) is 59.7 Å². The lowest BCUT2D eigenvalue weighted by Gasteiger charge is -2.09. The molecule has 3 heteroatoms. The number of carboxylic acids is 1. The molecule has 19 heavy (non-hydrogen) atoms. The molecule has 0 atom stereocenters. The Morgan fingerprint density at radius 3 is 2.79 bits per heavy atom. The van der Waals surface area contributed by atoms with Crippen LogP contribution in [-0.4, -0.2) is 18.2 Å². The zero-order chi connectivity index (χ0) is 13.7. The standard InChI is InChI=1S/C16H16O3/c1-19-15-10-9-13(11-14(15)16(17)18)12-7-5-3-2-4-6-8-12/h3,5-11H,2,4H2,1H3,(H,17,18)/b5-3-,8-6?,12-7?. The van der Waals surface area contributed by atoms with Crippen LogP contribution in [0.2, 0.25) is 0 Å². The molecule has 2 rings (SSSR count). The van der Waals surface area contributed by atoms with Gasteiger partial charge in [-0.3, -0.25) is 0 Å². The lowest BCUT2D eigenvalue weighted by Crippen LogP contribution is -2.01. The quantitative estimate of drug-likeness (QED) is 0.897. The highest BCUT2D eigenvalue weighted by atomic mass is 16.5. The van der Waals surface area contributed by atoms with Crippen molar-refractivity contribution in [1.29, 1.82) is 0 Å². The topological polar surface area (TPSA) is 46.5 Å². The van der Waals surface area contributed by atoms with Crippen molar-refractivity contribution >= 4 is 11.5 Å². The highest BCUT2D eigenvalue weighted by Gasteiger charge is 2.12. The lowest BCUT2D eigenvalue weighted by molar-refractivity contribution is 0.0693. The molecule has 0 amide bonds. The van der Waals surface area contributed by atoms with E-state index in [2.05, 4.69) is 12.2 Å². The summed E-state index contributed by atoms with van der Waals surface area (Å²) in [4.78, 5) is 11.2. The van der Waals surface area contributed by atoms with Gasteiger partial charge in [0.25, 0.3) is 0 Å². The van der Waals surface area contributed by atoms with E-state index < -0.39 is 5.97 Å². The maximum absolute atomic E-state index is 11.2. The Bertz CT molecular complexity index is 565. The van der Waals surface area contributed by atoms with Crippen molar-refractivity contribution in [3.63, 3.8) is 0 Å². The Labute approximate surface area is 112 Å². The number of aromatic carboxylic acids is 1. The van der Waals surface area contributed by atoms with Crippen LogP contribution in [0.1, 0.15) is 28.8 Å². The molecule has 0 bridgehead atoms. The summed E-state index contributed by atoms with van der Waals surface area (Å²) in [5, 5.41) is 9.19. The van der Waals surface area contributed by atoms with Crippen LogP contribution in [0.5, 0.6) is 5.75 Å². The third kappa shape index (κ3) is 3.13. The molecule has 1 aromatic carbocycles. The van der Waals surface area contributed by atoms with Crippen LogP contribution in [0.3, 0.4) is 0 Å². The predicted octanol–water partition coefficient (Wildman–Crippen LogP) is 3.68. The Hall–Kier alpha value is -2.29. The van der Waals surface area contributed by atoms with E-state index in [4.69, 9.17) is 4.74 Å². The van der Waals surface area contributed by atoms with E-state index >= 15 is 0 Å². The van der Waals surface area contributed by atoms with Gasteiger partial charge >= 0.3 is 5.97 Å². The van der Waals surface area contributed by atoms with Gasteiger partial charge in [0.05, 0.1) is 7.11 Å². The van der Waals surface area contributed by atoms with Crippen LogP contribution < -0.4 is 4.74 Å². The maximum atomic E-state index is 11.2. The third-order valence-electron chi connectivity index (χ3n) is 2.97. The summed E-state index contributed by atoms with van der Waals surface area (Å²) in [5.41, 5.74) is 2.06. The molecule has 1 N–H and O–H groups in total. The van der Waals surface area contributed by atoms with Crippen molar-refractivity contribution in [3.8, 4) is 5.75 Å². The SMILES string of the molecule is COc1ccc(C2=C/C=C\CCC=C2)cc1C(=O)O. The molecule has 0 aliphatic heterocycles. The minimum atomic E-state index is -0.982. The van der Waals surface area contributed by atoms with Gasteiger partial charge in [0.2, 0.25) is 0 Å². The van der Waals surface area contributed by atoms with Crippen LogP contribution in [0.15, 0.2) is 48.6 Å². The smallest absolute Gasteiger partial charge is 0.339 e. The number of hydrogen-bond donors (Lipinski definition) is 1. The first-order valence-corrected chi connectivity index (χ1v) is 6.17. The number of benzene rings is 1. The Morgan fingerprint density at radius 2 is 2.05 bits per heavy atom. The van der Waals surface area contributed by atoms with Gasteiger partial charge in [0, 0.05) is 0 Å². The molecule has 0 fully saturated rings. The number of allylic oxidation sites excluding steroid dienone is 6. The first-order chi connectivity index (χ1) is 9.22. The van der Waals surface area contributed by atoms with E-state index in [0.717, 1.165) is 24.0 Å². The summed E-state index contributed by atoms with van der Waals surface area (Å²) >= 11 is 0. The van der Waals surface area contributed by atoms with Crippen molar-refractivity contribution in [1.82, 2.24) is 0 Å². The molecule has 0 aromatic heterocycles. The maximum Gasteiger partial charge on any atom is 0.339 e. The molecule has 0 spiro atoms. The second-order valence-electron chi connectivity index (χ2n) is 4.25. The fourth-order valence-corrected chi connectivity index (χ4v) is 1.97. The summed E-state index contributed by atoms with van der Waals surface area (Å²) in [6.07, 6.45) is 12.2. The molecule has 3 nitrogen and oxygen atoms in total. The highest BCUT2D eigenvalue weighted by Crippen LogP contribution is 2.25. The van der Waals surface area contributed by atoms with Crippen LogP contribution in [0, 0.1) is 0 Å². The highest BCUT2D eigenvalue weighted by molar-refractivity contribution is 5.92. The van der Waals surface area contributed by atoms with Gasteiger partial charge in [0.15, 0.2) is 0 Å². The average Bonchev–Trinajstić information content (AvgIpc) is 2.37. The number of carbonyl (C=O) groups is 1. The average molecular weight is 256 g/mol. The fourth-order valence-electron chi connectivity index (χ4n) is 1.97. The number of carboxylic acid groups (broad SMARTS) is 1. The van der Waals surface area contributed by atoms with Crippen molar-refractivity contribution in [2.75, 3.05) is 7.11 Å². The number of hydrogen-bond acceptors (Lipinski definition) is 2. The number of rotatable bonds is 3. The van der Waals surface area contributed by atoms with E-state index in [1.54, 1.807) is 12.1 Å². The monoisotopic (exact) mass is 256 g/mol. The minimum Gasteiger partial charge on any atom is -0.496 e. The summed E-state index contributed by atoms with van der Waals surface area (Å²) in [7, 11) is 1.47. The van der Waals surface area contributed by atoms with Gasteiger partial charge in [-0.1, -0.05) is 36.4 Å². The van der Waals surface area contributed by atoms with E-state index in [-0.39, 0.29) is 5.56 Å².